The summed E-state index contributed by atoms with van der Waals surface area (Å²) >= 11 is 0. The molecule has 0 unspecified atom stereocenters. The lowest BCUT2D eigenvalue weighted by Crippen LogP contribution is -2.61. The summed E-state index contributed by atoms with van der Waals surface area (Å²) in [5.74, 6) is -2.62. The molecule has 0 aromatic heterocycles. The van der Waals surface area contributed by atoms with Gasteiger partial charge in [0.05, 0.1) is 7.45 Å². The van der Waals surface area contributed by atoms with E-state index in [0.717, 1.165) is 6.42 Å². The second kappa shape index (κ2) is 9.58. The molecule has 4 saturated carbocycles. The van der Waals surface area contributed by atoms with Crippen molar-refractivity contribution in [2.24, 2.45) is 40.4 Å². The predicted octanol–water partition coefficient (Wildman–Crippen LogP) is 1.48. The Morgan fingerprint density at radius 3 is 2.42 bits per heavy atom. The molecule has 9 heteroatoms. The van der Waals surface area contributed by atoms with Crippen molar-refractivity contribution < 1.29 is 51.4 Å². The van der Waals surface area contributed by atoms with Gasteiger partial charge in [0, 0.05) is 11.4 Å². The van der Waals surface area contributed by atoms with Gasteiger partial charge in [0.25, 0.3) is 0 Å². The summed E-state index contributed by atoms with van der Waals surface area (Å²) in [6.07, 6.45) is -14.8. The van der Waals surface area contributed by atoms with Crippen LogP contribution in [0.4, 0.5) is 0 Å². The largest absolute Gasteiger partial charge is 0.479 e. The molecule has 9 nitrogen and oxygen atoms in total. The third-order valence-electron chi connectivity index (χ3n) is 10.4. The van der Waals surface area contributed by atoms with E-state index in [9.17, 15) is 37.9 Å². The number of Topliss-reactive ketones (excluding diaryl/α,β-unsaturated/α-hetero) is 1. The second-order valence-electron chi connectivity index (χ2n) is 12.0. The molecule has 4 aliphatic carbocycles. The number of carboxylic acid groups (broad SMARTS) is 1. The highest BCUT2D eigenvalue weighted by Gasteiger charge is 2.61. The quantitative estimate of drug-likeness (QED) is 0.343. The Labute approximate surface area is 219 Å². The van der Waals surface area contributed by atoms with Gasteiger partial charge in [-0.1, -0.05) is 13.8 Å². The van der Waals surface area contributed by atoms with Crippen molar-refractivity contribution in [3.63, 3.8) is 0 Å². The maximum Gasteiger partial charge on any atom is 0.335 e. The van der Waals surface area contributed by atoms with Crippen LogP contribution in [-0.4, -0.2) is 80.7 Å². The molecule has 0 spiro atoms. The van der Waals surface area contributed by atoms with Gasteiger partial charge in [0.2, 0.25) is 0 Å². The molecule has 0 aromatic carbocycles. The van der Waals surface area contributed by atoms with Crippen molar-refractivity contribution in [1.29, 1.82) is 0 Å². The standard InChI is InChI=1S/C27H42O9/c1-26-9-7-14(35-25-22(32)20(30)21(31)23(36-25)24(33)34)11-13(26)3-4-15-16-5-6-18(19(29)12-28)27(16,2)10-8-17(15)26/h13-18,20-23,25,28,30-32H,3-12H2,1-2H3,(H,33,34)/t13-,14-,15+,16+,17+,18-,20+,21+,22-,23+,25-,26+,27+/m1/s1/i7D2,11D2,14D. The van der Waals surface area contributed by atoms with E-state index < -0.39 is 73.4 Å². The minimum Gasteiger partial charge on any atom is -0.479 e. The van der Waals surface area contributed by atoms with Gasteiger partial charge in [0.15, 0.2) is 18.2 Å². The molecule has 13 atom stereocenters. The van der Waals surface area contributed by atoms with E-state index in [1.807, 2.05) is 6.92 Å². The first kappa shape index (κ1) is 20.8. The molecule has 0 aromatic rings. The Kier molecular flexibility index (Phi) is 5.54. The minimum atomic E-state index is -2.94. The van der Waals surface area contributed by atoms with Gasteiger partial charge in [-0.25, -0.2) is 4.79 Å². The molecular weight excluding hydrogens is 468 g/mol. The maximum atomic E-state index is 12.6. The number of hydrogen-bond donors (Lipinski definition) is 5. The van der Waals surface area contributed by atoms with Gasteiger partial charge >= 0.3 is 5.97 Å². The smallest absolute Gasteiger partial charge is 0.335 e. The molecule has 5 fully saturated rings. The van der Waals surface area contributed by atoms with Crippen LogP contribution in [0.1, 0.15) is 78.4 Å². The van der Waals surface area contributed by atoms with E-state index in [1.54, 1.807) is 0 Å². The fraction of sp³-hybridized carbons (Fsp3) is 0.926. The molecule has 0 radical (unpaired) electrons. The predicted molar refractivity (Wildman–Crippen MR) is 127 cm³/mol. The summed E-state index contributed by atoms with van der Waals surface area (Å²) in [5.41, 5.74) is -1.14. The molecule has 1 aliphatic heterocycles. The fourth-order valence-electron chi connectivity index (χ4n) is 8.41. The SMILES string of the molecule is [2H]C1([2H])C[C@@]2(C)[C@H](CC[C@@H]3[C@@H]2CC[C@]2(C)[C@@H](C(=O)CO)CC[C@@H]32)C([2H])([2H])[C@]1([2H])O[C@@H]1O[C@H](C(=O)O)[C@@H](O)[C@H](O)[C@H]1O. The Morgan fingerprint density at radius 2 is 1.72 bits per heavy atom. The molecule has 5 aliphatic rings. The van der Waals surface area contributed by atoms with Crippen LogP contribution >= 0.6 is 0 Å². The lowest BCUT2D eigenvalue weighted by atomic mass is 9.44. The highest BCUT2D eigenvalue weighted by Crippen LogP contribution is 2.67. The van der Waals surface area contributed by atoms with Crippen LogP contribution in [-0.2, 0) is 19.1 Å². The van der Waals surface area contributed by atoms with Gasteiger partial charge in [-0.05, 0) is 92.2 Å². The molecule has 1 saturated heterocycles. The normalized spacial score (nSPS) is 59.6. The monoisotopic (exact) mass is 515 g/mol. The van der Waals surface area contributed by atoms with Crippen LogP contribution < -0.4 is 0 Å². The number of hydrogen-bond acceptors (Lipinski definition) is 8. The average Bonchev–Trinajstić information content (AvgIpc) is 3.24. The minimum absolute atomic E-state index is 0.0677. The fourth-order valence-corrected chi connectivity index (χ4v) is 8.41. The molecule has 36 heavy (non-hydrogen) atoms. The van der Waals surface area contributed by atoms with Crippen molar-refractivity contribution in [3.8, 4) is 0 Å². The maximum absolute atomic E-state index is 12.6. The first-order valence-electron chi connectivity index (χ1n) is 15.6. The number of carboxylic acids is 1. The molecule has 0 amide bonds. The molecule has 1 heterocycles. The summed E-state index contributed by atoms with van der Waals surface area (Å²) in [6.45, 7) is 3.50. The van der Waals surface area contributed by atoms with Crippen LogP contribution in [0.15, 0.2) is 0 Å². The average molecular weight is 516 g/mol. The van der Waals surface area contributed by atoms with E-state index in [1.165, 1.54) is 0 Å². The zero-order chi connectivity index (χ0) is 30.5. The number of carbonyl (C=O) groups excluding carboxylic acids is 1. The molecule has 204 valence electrons. The topological polar surface area (TPSA) is 154 Å². The third kappa shape index (κ3) is 4.05. The Hall–Kier alpha value is -1.10. The molecule has 5 N–H and O–H groups in total. The number of carbonyl (C=O) groups is 2. The number of aliphatic carboxylic acids is 1. The van der Waals surface area contributed by atoms with Crippen molar-refractivity contribution in [3.05, 3.63) is 0 Å². The number of aliphatic hydroxyl groups is 4. The van der Waals surface area contributed by atoms with Crippen molar-refractivity contribution >= 4 is 11.8 Å². The zero-order valence-electron chi connectivity index (χ0n) is 25.8. The van der Waals surface area contributed by atoms with Crippen molar-refractivity contribution in [2.75, 3.05) is 6.61 Å². The number of rotatable bonds is 5. The zero-order valence-corrected chi connectivity index (χ0v) is 20.8. The lowest BCUT2D eigenvalue weighted by Gasteiger charge is -2.61. The Morgan fingerprint density at radius 1 is 1.00 bits per heavy atom. The summed E-state index contributed by atoms with van der Waals surface area (Å²) in [4.78, 5) is 24.1. The van der Waals surface area contributed by atoms with E-state index in [2.05, 4.69) is 6.92 Å². The first-order chi connectivity index (χ1) is 18.9. The van der Waals surface area contributed by atoms with E-state index in [0.29, 0.717) is 32.1 Å². The van der Waals surface area contributed by atoms with Gasteiger partial charge in [-0.2, -0.15) is 0 Å². The van der Waals surface area contributed by atoms with Gasteiger partial charge in [-0.15, -0.1) is 0 Å². The molecular formula is C27H42O9. The lowest BCUT2D eigenvalue weighted by molar-refractivity contribution is -0.309. The Bertz CT molecular complexity index is 1080. The van der Waals surface area contributed by atoms with Crippen LogP contribution in [0.5, 0.6) is 0 Å². The van der Waals surface area contributed by atoms with Crippen LogP contribution in [0.2, 0.25) is 0 Å². The third-order valence-corrected chi connectivity index (χ3v) is 10.4. The van der Waals surface area contributed by atoms with Crippen molar-refractivity contribution in [2.45, 2.75) is 108 Å². The van der Waals surface area contributed by atoms with Crippen LogP contribution in [0, 0.1) is 40.4 Å². The van der Waals surface area contributed by atoms with Crippen molar-refractivity contribution in [1.82, 2.24) is 0 Å². The summed E-state index contributed by atoms with van der Waals surface area (Å²) < 4.78 is 56.2. The van der Waals surface area contributed by atoms with E-state index in [4.69, 9.17) is 13.6 Å². The number of ether oxygens (including phenoxy) is 2. The molecule has 5 rings (SSSR count). The summed E-state index contributed by atoms with van der Waals surface area (Å²) in [6, 6.07) is 0. The first-order valence-corrected chi connectivity index (χ1v) is 13.1. The number of aliphatic hydroxyl groups excluding tert-OH is 4. The van der Waals surface area contributed by atoms with Gasteiger partial charge < -0.3 is 35.0 Å². The summed E-state index contributed by atoms with van der Waals surface area (Å²) in [7, 11) is 0. The molecule has 0 bridgehead atoms. The van der Waals surface area contributed by atoms with Crippen LogP contribution in [0.25, 0.3) is 0 Å². The number of fused-ring (bicyclic) bond motifs is 5. The number of ketones is 1. The summed E-state index contributed by atoms with van der Waals surface area (Å²) in [5, 5.41) is 49.7. The van der Waals surface area contributed by atoms with Crippen LogP contribution in [0.3, 0.4) is 0 Å². The second-order valence-corrected chi connectivity index (χ2v) is 12.0. The highest BCUT2D eigenvalue weighted by atomic mass is 16.7. The van der Waals surface area contributed by atoms with E-state index in [-0.39, 0.29) is 41.3 Å². The Balaban J connectivity index is 1.45. The van der Waals surface area contributed by atoms with Gasteiger partial charge in [0.1, 0.15) is 24.9 Å². The van der Waals surface area contributed by atoms with Gasteiger partial charge in [-0.3, -0.25) is 4.79 Å². The van der Waals surface area contributed by atoms with E-state index >= 15 is 0 Å². The highest BCUT2D eigenvalue weighted by molar-refractivity contribution is 5.83.